The van der Waals surface area contributed by atoms with Gasteiger partial charge >= 0.3 is 0 Å². The van der Waals surface area contributed by atoms with E-state index in [-0.39, 0.29) is 23.7 Å². The molecule has 4 heterocycles. The number of nitrogens with one attached hydrogen (secondary N) is 2. The van der Waals surface area contributed by atoms with Crippen molar-refractivity contribution >= 4 is 66.4 Å². The van der Waals surface area contributed by atoms with Crippen molar-refractivity contribution in [3.05, 3.63) is 141 Å². The third-order valence-electron chi connectivity index (χ3n) is 19.4. The van der Waals surface area contributed by atoms with Crippen LogP contribution in [0.1, 0.15) is 147 Å². The van der Waals surface area contributed by atoms with Gasteiger partial charge in [-0.25, -0.2) is 26.3 Å². The summed E-state index contributed by atoms with van der Waals surface area (Å²) < 4.78 is 70.3. The Morgan fingerprint density at radius 3 is 1.38 bits per heavy atom. The molecule has 4 N–H and O–H groups in total. The van der Waals surface area contributed by atoms with Crippen LogP contribution >= 0.6 is 23.2 Å². The number of nitrogens with zero attached hydrogens (tertiary/aromatic N) is 2. The summed E-state index contributed by atoms with van der Waals surface area (Å²) in [6.07, 6.45) is 18.7. The maximum absolute atomic E-state index is 13.3. The van der Waals surface area contributed by atoms with Gasteiger partial charge in [0.25, 0.3) is 11.8 Å². The van der Waals surface area contributed by atoms with E-state index in [9.17, 15) is 36.6 Å². The number of hydrogen-bond donors (Lipinski definition) is 4. The van der Waals surface area contributed by atoms with Crippen molar-refractivity contribution in [1.29, 1.82) is 0 Å². The van der Waals surface area contributed by atoms with E-state index in [1.165, 1.54) is 22.3 Å². The van der Waals surface area contributed by atoms with E-state index in [1.54, 1.807) is 38.1 Å². The largest absolute Gasteiger partial charge is 0.490 e. The van der Waals surface area contributed by atoms with Crippen LogP contribution in [0.5, 0.6) is 11.5 Å². The van der Waals surface area contributed by atoms with Gasteiger partial charge in [-0.1, -0.05) is 73.5 Å². The molecule has 12 rings (SSSR count). The van der Waals surface area contributed by atoms with Gasteiger partial charge in [0.05, 0.1) is 47.3 Å². The van der Waals surface area contributed by atoms with Crippen LogP contribution < -0.4 is 28.7 Å². The fourth-order valence-corrected chi connectivity index (χ4v) is 17.6. The Kier molecular flexibility index (Phi) is 17.2. The van der Waals surface area contributed by atoms with Gasteiger partial charge in [0, 0.05) is 58.2 Å². The highest BCUT2D eigenvalue weighted by molar-refractivity contribution is 7.91. The van der Waals surface area contributed by atoms with Gasteiger partial charge < -0.3 is 29.5 Å². The lowest BCUT2D eigenvalue weighted by molar-refractivity contribution is 0.0971. The topological polar surface area (TPSA) is 192 Å². The zero-order valence-corrected chi connectivity index (χ0v) is 50.2. The molecule has 4 aromatic rings. The molecule has 8 aliphatic rings. The second kappa shape index (κ2) is 24.1. The lowest BCUT2D eigenvalue weighted by atomic mass is 9.69. The van der Waals surface area contributed by atoms with Crippen molar-refractivity contribution in [3.63, 3.8) is 0 Å². The third kappa shape index (κ3) is 12.2. The number of halogens is 2. The van der Waals surface area contributed by atoms with Crippen LogP contribution in [-0.2, 0) is 43.7 Å². The highest BCUT2D eigenvalue weighted by atomic mass is 35.5. The molecule has 18 heteroatoms. The number of ether oxygens (including phenoxy) is 2. The molecule has 2 fully saturated rings. The quantitative estimate of drug-likeness (QED) is 0.139. The highest BCUT2D eigenvalue weighted by Crippen LogP contribution is 2.49. The van der Waals surface area contributed by atoms with Crippen LogP contribution in [-0.4, -0.2) is 101 Å². The number of benzene rings is 4. The van der Waals surface area contributed by atoms with Gasteiger partial charge in [0.15, 0.2) is 0 Å². The van der Waals surface area contributed by atoms with E-state index in [4.69, 9.17) is 32.7 Å². The minimum atomic E-state index is -3.92. The van der Waals surface area contributed by atoms with E-state index in [0.29, 0.717) is 85.2 Å². The van der Waals surface area contributed by atoms with Crippen LogP contribution in [0.4, 0.5) is 11.4 Å². The Labute approximate surface area is 494 Å². The van der Waals surface area contributed by atoms with Crippen molar-refractivity contribution < 1.29 is 46.1 Å². The first kappa shape index (κ1) is 58.7. The number of aliphatic hydroxyl groups is 2. The molecule has 4 aliphatic carbocycles. The van der Waals surface area contributed by atoms with Gasteiger partial charge in [-0.2, -0.15) is 0 Å². The summed E-state index contributed by atoms with van der Waals surface area (Å²) in [6, 6.07) is 22.9. The standard InChI is InChI=1S/2C32H39ClN2O5S/c2*1-2-27-12-11-26(36)10-7-21-5-6-24(21)18-35-19-32(15-3-4-22-16-25(33)9-13-28(22)32)20-40-30-14-8-23(17-29(30)35)31(37)34-41(27,38)39/h2*7-10,13-14,16-17,21,24,26-27,36H,2-6,11-12,15,18-20H2,1H3,(H,34,37)/b2*10-7+/t21-,24-,26+,27+,32-;21-,24-,26-,27+,32-/m00/s1. The van der Waals surface area contributed by atoms with E-state index < -0.39 is 54.6 Å². The second-order valence-corrected chi connectivity index (χ2v) is 29.4. The molecule has 0 saturated heterocycles. The van der Waals surface area contributed by atoms with E-state index >= 15 is 0 Å². The maximum Gasteiger partial charge on any atom is 0.264 e. The number of aryl methyl sites for hydroxylation is 2. The summed E-state index contributed by atoms with van der Waals surface area (Å²) in [7, 11) is -7.84. The van der Waals surface area contributed by atoms with Gasteiger partial charge in [-0.3, -0.25) is 9.59 Å². The zero-order chi connectivity index (χ0) is 57.6. The first-order valence-corrected chi connectivity index (χ1v) is 33.7. The normalized spacial score (nSPS) is 32.0. The number of fused-ring (bicyclic) bond motifs is 8. The first-order valence-electron chi connectivity index (χ1n) is 29.8. The molecular formula is C64H78Cl2N4O10S2. The number of rotatable bonds is 2. The summed E-state index contributed by atoms with van der Waals surface area (Å²) in [4.78, 5) is 31.4. The van der Waals surface area contributed by atoms with E-state index in [0.717, 1.165) is 112 Å². The number of anilines is 2. The Balaban J connectivity index is 0.000000172. The van der Waals surface area contributed by atoms with Gasteiger partial charge in [-0.05, 0) is 209 Å². The fraction of sp³-hybridized carbons (Fsp3) is 0.531. The number of hydrogen-bond acceptors (Lipinski definition) is 12. The van der Waals surface area contributed by atoms with Crippen molar-refractivity contribution in [2.45, 2.75) is 150 Å². The van der Waals surface area contributed by atoms with Gasteiger partial charge in [-0.15, -0.1) is 0 Å². The third-order valence-corrected chi connectivity index (χ3v) is 23.8. The summed E-state index contributed by atoms with van der Waals surface area (Å²) >= 11 is 12.8. The lowest BCUT2D eigenvalue weighted by Crippen LogP contribution is -2.48. The summed E-state index contributed by atoms with van der Waals surface area (Å²) in [6.45, 7) is 7.64. The maximum atomic E-state index is 13.3. The minimum Gasteiger partial charge on any atom is -0.490 e. The summed E-state index contributed by atoms with van der Waals surface area (Å²) in [5.41, 5.74) is 6.84. The molecule has 82 heavy (non-hydrogen) atoms. The van der Waals surface area contributed by atoms with Crippen molar-refractivity contribution in [1.82, 2.24) is 9.44 Å². The van der Waals surface area contributed by atoms with E-state index in [1.807, 2.05) is 36.4 Å². The monoisotopic (exact) mass is 1200 g/mol. The molecule has 440 valence electrons. The van der Waals surface area contributed by atoms with Gasteiger partial charge in [0.2, 0.25) is 20.0 Å². The lowest BCUT2D eigenvalue weighted by Gasteiger charge is -2.44. The molecule has 2 saturated carbocycles. The summed E-state index contributed by atoms with van der Waals surface area (Å²) in [5, 5.41) is 21.2. The number of carbonyl (C=O) groups is 2. The van der Waals surface area contributed by atoms with Crippen LogP contribution in [0.2, 0.25) is 10.0 Å². The molecule has 4 aliphatic heterocycles. The van der Waals surface area contributed by atoms with Crippen molar-refractivity contribution in [2.24, 2.45) is 23.7 Å². The van der Waals surface area contributed by atoms with E-state index in [2.05, 4.69) is 55.7 Å². The molecule has 0 aromatic heterocycles. The predicted molar refractivity (Wildman–Crippen MR) is 323 cm³/mol. The number of allylic oxidation sites excluding steroid dienone is 2. The first-order chi connectivity index (χ1) is 39.3. The Hall–Kier alpha value is -5.10. The Bertz CT molecular complexity index is 3140. The molecule has 4 aromatic carbocycles. The van der Waals surface area contributed by atoms with Gasteiger partial charge in [0.1, 0.15) is 11.5 Å². The molecule has 2 amide bonds. The summed E-state index contributed by atoms with van der Waals surface area (Å²) in [5.74, 6) is 1.63. The average molecular weight is 1200 g/mol. The number of sulfonamides is 2. The van der Waals surface area contributed by atoms with Crippen LogP contribution in [0, 0.1) is 23.7 Å². The van der Waals surface area contributed by atoms with Crippen molar-refractivity contribution in [2.75, 3.05) is 49.2 Å². The highest BCUT2D eigenvalue weighted by Gasteiger charge is 2.46. The molecule has 2 spiro atoms. The number of aliphatic hydroxyl groups excluding tert-OH is 2. The Morgan fingerprint density at radius 2 is 0.988 bits per heavy atom. The molecule has 0 radical (unpaired) electrons. The smallest absolute Gasteiger partial charge is 0.264 e. The SMILES string of the molecule is CC[C@@H]1CC[C@@H](O)/C=C/[C@@H]2CC[C@H]2CN2C[C@@]3(CCCc4cc(Cl)ccc43)COc3ccc(cc32)C(=O)NS1(=O)=O.CC[C@@H]1CC[C@H](O)/C=C/[C@@H]2CC[C@H]2CN2C[C@@]3(CCCc4cc(Cl)ccc43)COc3ccc(cc32)C(=O)NS1(=O)=O. The molecule has 10 atom stereocenters. The second-order valence-electron chi connectivity index (χ2n) is 24.6. The molecule has 0 unspecified atom stereocenters. The number of carbonyl (C=O) groups excluding carboxylic acids is 2. The number of amides is 2. The van der Waals surface area contributed by atoms with Crippen molar-refractivity contribution in [3.8, 4) is 11.5 Å². The van der Waals surface area contributed by atoms with Crippen LogP contribution in [0.15, 0.2) is 97.1 Å². The van der Waals surface area contributed by atoms with Crippen LogP contribution in [0.3, 0.4) is 0 Å². The fourth-order valence-electron chi connectivity index (χ4n) is 14.4. The average Bonchev–Trinajstić information content (AvgIpc) is 2.80. The molecule has 4 bridgehead atoms. The predicted octanol–water partition coefficient (Wildman–Crippen LogP) is 10.8. The molecule has 14 nitrogen and oxygen atoms in total. The Morgan fingerprint density at radius 1 is 0.561 bits per heavy atom. The minimum absolute atomic E-state index is 0.233. The zero-order valence-electron chi connectivity index (χ0n) is 47.0. The molecular weight excluding hydrogens is 1120 g/mol. The van der Waals surface area contributed by atoms with Crippen LogP contribution in [0.25, 0.3) is 0 Å².